The van der Waals surface area contributed by atoms with Gasteiger partial charge in [0.1, 0.15) is 23.0 Å². The molecule has 0 bridgehead atoms. The quantitative estimate of drug-likeness (QED) is 0.0906. The van der Waals surface area contributed by atoms with Gasteiger partial charge in [-0.25, -0.2) is 0 Å². The Hall–Kier alpha value is -5.24. The number of hydrogen-bond acceptors (Lipinski definition) is 10. The molecule has 10 nitrogen and oxygen atoms in total. The first-order chi connectivity index (χ1) is 21.8. The summed E-state index contributed by atoms with van der Waals surface area (Å²) < 4.78 is 23.2. The summed E-state index contributed by atoms with van der Waals surface area (Å²) in [7, 11) is 4.67. The lowest BCUT2D eigenvalue weighted by molar-refractivity contribution is -0.282. The summed E-state index contributed by atoms with van der Waals surface area (Å²) in [5.41, 5.74) is 1.54. The standard InChI is InChI=1S/C35H36N4O6/c1-34(2,18-17-25-10-8-9-19-37-25)45-44-31-12-7-6-11-30(31)43-27-15-13-26(14-16-27)39-35(42-5)24(22-36)23-38-29-21-33(41-4)32(40-3)20-28(29)35/h6-16,19-21,23,38-39H,17-18H2,1-5H3. The average Bonchev–Trinajstić information content (AvgIpc) is 3.07. The first-order valence-corrected chi connectivity index (χ1v) is 14.4. The Morgan fingerprint density at radius 2 is 1.60 bits per heavy atom. The lowest BCUT2D eigenvalue weighted by Gasteiger charge is -2.38. The van der Waals surface area contributed by atoms with Crippen LogP contribution in [-0.4, -0.2) is 31.9 Å². The smallest absolute Gasteiger partial charge is 0.207 e. The first-order valence-electron chi connectivity index (χ1n) is 14.4. The van der Waals surface area contributed by atoms with Crippen LogP contribution in [0.5, 0.6) is 28.7 Å². The zero-order valence-electron chi connectivity index (χ0n) is 25.9. The van der Waals surface area contributed by atoms with Gasteiger partial charge in [-0.3, -0.25) is 4.98 Å². The number of nitrogens with one attached hydrogen (secondary N) is 2. The number of nitrogens with zero attached hydrogens (tertiary/aromatic N) is 2. The summed E-state index contributed by atoms with van der Waals surface area (Å²) in [4.78, 5) is 16.0. The monoisotopic (exact) mass is 608 g/mol. The van der Waals surface area contributed by atoms with E-state index in [1.165, 1.54) is 0 Å². The van der Waals surface area contributed by atoms with Gasteiger partial charge in [-0.05, 0) is 81.3 Å². The Balaban J connectivity index is 1.30. The molecular formula is C35H36N4O6. The summed E-state index contributed by atoms with van der Waals surface area (Å²) >= 11 is 0. The number of pyridine rings is 1. The molecular weight excluding hydrogens is 572 g/mol. The number of anilines is 2. The third-order valence-corrected chi connectivity index (χ3v) is 7.40. The number of benzene rings is 3. The Morgan fingerprint density at radius 1 is 0.889 bits per heavy atom. The molecule has 1 aliphatic heterocycles. The third kappa shape index (κ3) is 6.96. The lowest BCUT2D eigenvalue weighted by atomic mass is 9.90. The molecule has 232 valence electrons. The van der Waals surface area contributed by atoms with Crippen LogP contribution in [0, 0.1) is 11.3 Å². The van der Waals surface area contributed by atoms with Crippen molar-refractivity contribution >= 4 is 11.4 Å². The molecule has 0 radical (unpaired) electrons. The molecule has 5 rings (SSSR count). The van der Waals surface area contributed by atoms with Crippen LogP contribution in [-0.2, 0) is 21.8 Å². The van der Waals surface area contributed by atoms with E-state index in [9.17, 15) is 5.26 Å². The predicted molar refractivity (Wildman–Crippen MR) is 170 cm³/mol. The van der Waals surface area contributed by atoms with Gasteiger partial charge in [0.05, 0.1) is 19.9 Å². The number of aromatic nitrogens is 1. The zero-order valence-corrected chi connectivity index (χ0v) is 25.9. The van der Waals surface area contributed by atoms with Crippen molar-refractivity contribution in [2.24, 2.45) is 0 Å². The SMILES string of the molecule is COc1cc2c(cc1OC)C(Nc1ccc(Oc3ccccc3OOC(C)(C)CCc3ccccn3)cc1)(OC)C(C#N)=CN2. The van der Waals surface area contributed by atoms with Crippen LogP contribution in [0.3, 0.4) is 0 Å². The molecule has 0 spiro atoms. The van der Waals surface area contributed by atoms with Crippen LogP contribution in [0.2, 0.25) is 0 Å². The Labute approximate surface area is 263 Å². The van der Waals surface area contributed by atoms with E-state index in [0.29, 0.717) is 57.7 Å². The summed E-state index contributed by atoms with van der Waals surface area (Å²) in [5, 5.41) is 16.6. The molecule has 0 amide bonds. The second-order valence-electron chi connectivity index (χ2n) is 10.9. The van der Waals surface area contributed by atoms with E-state index in [1.54, 1.807) is 51.9 Å². The minimum Gasteiger partial charge on any atom is -0.493 e. The molecule has 10 heteroatoms. The molecule has 0 saturated carbocycles. The summed E-state index contributed by atoms with van der Waals surface area (Å²) in [6.45, 7) is 3.94. The number of para-hydroxylation sites is 2. The van der Waals surface area contributed by atoms with Gasteiger partial charge in [0, 0.05) is 42.5 Å². The van der Waals surface area contributed by atoms with Crippen molar-refractivity contribution < 1.29 is 28.7 Å². The van der Waals surface area contributed by atoms with Gasteiger partial charge in [0.25, 0.3) is 0 Å². The minimum atomic E-state index is -1.29. The van der Waals surface area contributed by atoms with Gasteiger partial charge in [0.2, 0.25) is 11.5 Å². The highest BCUT2D eigenvalue weighted by Gasteiger charge is 2.42. The van der Waals surface area contributed by atoms with E-state index >= 15 is 0 Å². The highest BCUT2D eigenvalue weighted by Crippen LogP contribution is 2.46. The first kappa shape index (κ1) is 31.2. The number of methoxy groups -OCH3 is 3. The minimum absolute atomic E-state index is 0.332. The van der Waals surface area contributed by atoms with Crippen molar-refractivity contribution in [2.75, 3.05) is 32.0 Å². The molecule has 4 aromatic rings. The zero-order chi connectivity index (χ0) is 31.9. The molecule has 0 fully saturated rings. The topological polar surface area (TPSA) is 116 Å². The molecule has 0 aliphatic carbocycles. The van der Waals surface area contributed by atoms with Crippen LogP contribution in [0.15, 0.2) is 96.8 Å². The predicted octanol–water partition coefficient (Wildman–Crippen LogP) is 7.36. The maximum absolute atomic E-state index is 10.0. The van der Waals surface area contributed by atoms with Crippen molar-refractivity contribution in [3.63, 3.8) is 0 Å². The summed E-state index contributed by atoms with van der Waals surface area (Å²) in [5.74, 6) is 2.57. The third-order valence-electron chi connectivity index (χ3n) is 7.40. The second kappa shape index (κ2) is 13.6. The normalized spacial score (nSPS) is 15.5. The maximum Gasteiger partial charge on any atom is 0.207 e. The average molecular weight is 609 g/mol. The fourth-order valence-electron chi connectivity index (χ4n) is 4.92. The van der Waals surface area contributed by atoms with Gasteiger partial charge < -0.3 is 34.5 Å². The van der Waals surface area contributed by atoms with Crippen molar-refractivity contribution in [1.82, 2.24) is 4.98 Å². The summed E-state index contributed by atoms with van der Waals surface area (Å²) in [6.07, 6.45) is 4.87. The van der Waals surface area contributed by atoms with E-state index < -0.39 is 11.3 Å². The van der Waals surface area contributed by atoms with Crippen LogP contribution in [0.4, 0.5) is 11.4 Å². The molecule has 45 heavy (non-hydrogen) atoms. The highest BCUT2D eigenvalue weighted by atomic mass is 17.2. The van der Waals surface area contributed by atoms with Gasteiger partial charge in [-0.15, -0.1) is 0 Å². The van der Waals surface area contributed by atoms with Crippen molar-refractivity contribution in [3.8, 4) is 34.8 Å². The van der Waals surface area contributed by atoms with Gasteiger partial charge in [-0.1, -0.05) is 18.2 Å². The Morgan fingerprint density at radius 3 is 2.27 bits per heavy atom. The van der Waals surface area contributed by atoms with Crippen LogP contribution >= 0.6 is 0 Å². The lowest BCUT2D eigenvalue weighted by Crippen LogP contribution is -2.42. The van der Waals surface area contributed by atoms with E-state index in [1.807, 2.05) is 74.5 Å². The molecule has 1 aromatic heterocycles. The number of hydrogen-bond donors (Lipinski definition) is 2. The van der Waals surface area contributed by atoms with E-state index in [0.717, 1.165) is 12.1 Å². The van der Waals surface area contributed by atoms with Crippen molar-refractivity contribution in [3.05, 3.63) is 108 Å². The Kier molecular flexibility index (Phi) is 9.42. The van der Waals surface area contributed by atoms with Crippen molar-refractivity contribution in [2.45, 2.75) is 38.0 Å². The molecule has 0 saturated heterocycles. The maximum atomic E-state index is 10.0. The highest BCUT2D eigenvalue weighted by molar-refractivity contribution is 5.71. The molecule has 2 N–H and O–H groups in total. The van der Waals surface area contributed by atoms with E-state index in [4.69, 9.17) is 28.7 Å². The molecule has 1 unspecified atom stereocenters. The fraction of sp³-hybridized carbons (Fsp3) is 0.257. The van der Waals surface area contributed by atoms with Crippen LogP contribution in [0.1, 0.15) is 31.5 Å². The largest absolute Gasteiger partial charge is 0.493 e. The molecule has 1 atom stereocenters. The van der Waals surface area contributed by atoms with Gasteiger partial charge in [0.15, 0.2) is 17.2 Å². The number of rotatable bonds is 13. The summed E-state index contributed by atoms with van der Waals surface area (Å²) in [6, 6.07) is 26.3. The Bertz CT molecular complexity index is 1690. The van der Waals surface area contributed by atoms with E-state index in [2.05, 4.69) is 21.7 Å². The van der Waals surface area contributed by atoms with E-state index in [-0.39, 0.29) is 0 Å². The number of fused-ring (bicyclic) bond motifs is 1. The van der Waals surface area contributed by atoms with Crippen molar-refractivity contribution in [1.29, 1.82) is 5.26 Å². The van der Waals surface area contributed by atoms with Crippen LogP contribution in [0.25, 0.3) is 0 Å². The number of ether oxygens (including phenoxy) is 4. The molecule has 2 heterocycles. The fourth-order valence-corrected chi connectivity index (χ4v) is 4.92. The second-order valence-corrected chi connectivity index (χ2v) is 10.9. The number of nitriles is 1. The molecule has 1 aliphatic rings. The van der Waals surface area contributed by atoms with Crippen LogP contribution < -0.4 is 29.7 Å². The number of aryl methyl sites for hydroxylation is 1. The van der Waals surface area contributed by atoms with Gasteiger partial charge in [-0.2, -0.15) is 10.1 Å². The van der Waals surface area contributed by atoms with Gasteiger partial charge >= 0.3 is 0 Å². The molecule has 3 aromatic carbocycles.